The molecule has 0 aliphatic heterocycles. The van der Waals surface area contributed by atoms with Crippen LogP contribution in [0.15, 0.2) is 32.2 Å². The maximum absolute atomic E-state index is 11.2. The summed E-state index contributed by atoms with van der Waals surface area (Å²) in [7, 11) is 1.56. The molecule has 1 aromatic carbocycles. The Kier molecular flexibility index (Phi) is 4.21. The normalized spacial score (nSPS) is 9.29. The van der Waals surface area contributed by atoms with Gasteiger partial charge in [-0.15, -0.1) is 0 Å². The minimum absolute atomic E-state index is 0.402. The Morgan fingerprint density at radius 1 is 1.35 bits per heavy atom. The lowest BCUT2D eigenvalue weighted by Crippen LogP contribution is -2.14. The SMILES string of the molecule is CNC=O.Cc1ccc2[nH]c(=O)oc(=O)c2c1. The fourth-order valence-electron chi connectivity index (χ4n) is 1.21. The molecule has 0 aliphatic carbocycles. The highest BCUT2D eigenvalue weighted by Crippen LogP contribution is 2.07. The molecule has 0 bridgehead atoms. The quantitative estimate of drug-likeness (QED) is 0.689. The molecular formula is C11H12N2O4. The molecule has 1 aromatic heterocycles. The number of aromatic amines is 1. The van der Waals surface area contributed by atoms with Crippen LogP contribution in [0.1, 0.15) is 5.56 Å². The van der Waals surface area contributed by atoms with Crippen molar-refractivity contribution in [3.8, 4) is 0 Å². The number of hydrogen-bond donors (Lipinski definition) is 2. The fraction of sp³-hybridized carbons (Fsp3) is 0.182. The topological polar surface area (TPSA) is 92.2 Å². The van der Waals surface area contributed by atoms with Gasteiger partial charge in [-0.3, -0.25) is 9.78 Å². The molecule has 17 heavy (non-hydrogen) atoms. The first-order valence-corrected chi connectivity index (χ1v) is 4.83. The first-order valence-electron chi connectivity index (χ1n) is 4.83. The number of amides is 1. The number of carbonyl (C=O) groups is 1. The molecule has 6 heteroatoms. The van der Waals surface area contributed by atoms with Gasteiger partial charge in [-0.1, -0.05) is 11.6 Å². The van der Waals surface area contributed by atoms with Gasteiger partial charge in [-0.25, -0.2) is 9.59 Å². The first kappa shape index (κ1) is 12.7. The number of aryl methyl sites for hydroxylation is 1. The summed E-state index contributed by atoms with van der Waals surface area (Å²) < 4.78 is 4.38. The van der Waals surface area contributed by atoms with Crippen molar-refractivity contribution < 1.29 is 9.21 Å². The number of fused-ring (bicyclic) bond motifs is 1. The van der Waals surface area contributed by atoms with E-state index in [1.54, 1.807) is 19.2 Å². The Labute approximate surface area is 96.3 Å². The number of benzene rings is 1. The molecule has 0 saturated carbocycles. The molecule has 0 fully saturated rings. The minimum atomic E-state index is -0.721. The molecule has 0 spiro atoms. The third kappa shape index (κ3) is 3.30. The third-order valence-electron chi connectivity index (χ3n) is 1.93. The van der Waals surface area contributed by atoms with Crippen molar-refractivity contribution in [1.29, 1.82) is 0 Å². The van der Waals surface area contributed by atoms with Crippen LogP contribution in [0.2, 0.25) is 0 Å². The van der Waals surface area contributed by atoms with E-state index in [-0.39, 0.29) is 0 Å². The van der Waals surface area contributed by atoms with E-state index in [4.69, 9.17) is 4.79 Å². The summed E-state index contributed by atoms with van der Waals surface area (Å²) in [5.74, 6) is -0.721. The Morgan fingerprint density at radius 3 is 2.59 bits per heavy atom. The van der Waals surface area contributed by atoms with Crippen LogP contribution >= 0.6 is 0 Å². The zero-order valence-electron chi connectivity index (χ0n) is 9.44. The summed E-state index contributed by atoms with van der Waals surface area (Å²) in [4.78, 5) is 33.4. The van der Waals surface area contributed by atoms with Gasteiger partial charge >= 0.3 is 11.4 Å². The van der Waals surface area contributed by atoms with Crippen molar-refractivity contribution in [3.63, 3.8) is 0 Å². The second kappa shape index (κ2) is 5.64. The smallest absolute Gasteiger partial charge is 0.372 e. The summed E-state index contributed by atoms with van der Waals surface area (Å²) in [6, 6.07) is 5.18. The lowest BCUT2D eigenvalue weighted by atomic mass is 10.2. The predicted molar refractivity (Wildman–Crippen MR) is 63.0 cm³/mol. The fourth-order valence-corrected chi connectivity index (χ4v) is 1.21. The standard InChI is InChI=1S/C9H7NO3.C2H5NO/c1-5-2-3-7-6(4-5)8(11)13-9(12)10-7;1-3-2-4/h2-4H,1H3,(H,10,12);2H,1H3,(H,3,4). The molecule has 2 rings (SSSR count). The summed E-state index contributed by atoms with van der Waals surface area (Å²) >= 11 is 0. The van der Waals surface area contributed by atoms with E-state index in [1.807, 2.05) is 13.0 Å². The van der Waals surface area contributed by atoms with Crippen molar-refractivity contribution in [1.82, 2.24) is 10.3 Å². The highest BCUT2D eigenvalue weighted by molar-refractivity contribution is 5.77. The summed E-state index contributed by atoms with van der Waals surface area (Å²) in [6.45, 7) is 1.87. The second-order valence-corrected chi connectivity index (χ2v) is 3.26. The van der Waals surface area contributed by atoms with E-state index in [9.17, 15) is 9.59 Å². The molecule has 2 N–H and O–H groups in total. The third-order valence-corrected chi connectivity index (χ3v) is 1.93. The number of H-pyrrole nitrogens is 1. The molecule has 2 aromatic rings. The molecule has 90 valence electrons. The van der Waals surface area contributed by atoms with E-state index in [0.29, 0.717) is 17.3 Å². The average molecular weight is 236 g/mol. The Balaban J connectivity index is 0.000000317. The van der Waals surface area contributed by atoms with Crippen LogP contribution in [0.4, 0.5) is 0 Å². The van der Waals surface area contributed by atoms with Gasteiger partial charge in [0, 0.05) is 7.05 Å². The molecular weight excluding hydrogens is 224 g/mol. The van der Waals surface area contributed by atoms with E-state index in [0.717, 1.165) is 5.56 Å². The van der Waals surface area contributed by atoms with Gasteiger partial charge < -0.3 is 9.73 Å². The van der Waals surface area contributed by atoms with E-state index in [2.05, 4.69) is 14.7 Å². The minimum Gasteiger partial charge on any atom is -0.372 e. The van der Waals surface area contributed by atoms with Crippen LogP contribution in [0.3, 0.4) is 0 Å². The van der Waals surface area contributed by atoms with Gasteiger partial charge in [0.2, 0.25) is 6.41 Å². The lowest BCUT2D eigenvalue weighted by Gasteiger charge is -1.95. The number of hydrogen-bond acceptors (Lipinski definition) is 4. The highest BCUT2D eigenvalue weighted by Gasteiger charge is 2.01. The van der Waals surface area contributed by atoms with E-state index < -0.39 is 11.4 Å². The van der Waals surface area contributed by atoms with Crippen LogP contribution in [0, 0.1) is 6.92 Å². The summed E-state index contributed by atoms with van der Waals surface area (Å²) in [6.07, 6.45) is 0.625. The Morgan fingerprint density at radius 2 is 2.00 bits per heavy atom. The Hall–Kier alpha value is -2.37. The monoisotopic (exact) mass is 236 g/mol. The molecule has 1 amide bonds. The zero-order valence-corrected chi connectivity index (χ0v) is 9.44. The molecule has 0 saturated heterocycles. The molecule has 0 unspecified atom stereocenters. The van der Waals surface area contributed by atoms with Crippen LogP contribution in [0.5, 0.6) is 0 Å². The molecule has 0 atom stereocenters. The maximum atomic E-state index is 11.2. The van der Waals surface area contributed by atoms with Crippen molar-refractivity contribution in [2.75, 3.05) is 7.05 Å². The van der Waals surface area contributed by atoms with Gasteiger partial charge in [0.1, 0.15) is 0 Å². The lowest BCUT2D eigenvalue weighted by molar-refractivity contribution is -0.109. The van der Waals surface area contributed by atoms with Gasteiger partial charge in [0.15, 0.2) is 0 Å². The van der Waals surface area contributed by atoms with Crippen LogP contribution in [-0.2, 0) is 4.79 Å². The maximum Gasteiger partial charge on any atom is 0.419 e. The predicted octanol–water partition coefficient (Wildman–Crippen LogP) is 0.152. The molecule has 6 nitrogen and oxygen atoms in total. The first-order chi connectivity index (χ1) is 8.08. The summed E-state index contributed by atoms with van der Waals surface area (Å²) in [5, 5.41) is 2.65. The van der Waals surface area contributed by atoms with Crippen molar-refractivity contribution in [3.05, 3.63) is 44.7 Å². The van der Waals surface area contributed by atoms with Crippen molar-refractivity contribution >= 4 is 17.3 Å². The van der Waals surface area contributed by atoms with Crippen molar-refractivity contribution in [2.24, 2.45) is 0 Å². The Bertz CT molecular complexity index is 627. The number of carbonyl (C=O) groups excluding carboxylic acids is 1. The van der Waals surface area contributed by atoms with Crippen molar-refractivity contribution in [2.45, 2.75) is 6.92 Å². The number of rotatable bonds is 1. The van der Waals surface area contributed by atoms with Gasteiger partial charge in [-0.05, 0) is 19.1 Å². The molecule has 0 aliphatic rings. The van der Waals surface area contributed by atoms with Gasteiger partial charge in [-0.2, -0.15) is 0 Å². The summed E-state index contributed by atoms with van der Waals surface area (Å²) in [5.41, 5.74) is 0.862. The number of aromatic nitrogens is 1. The van der Waals surface area contributed by atoms with E-state index in [1.165, 1.54) is 0 Å². The van der Waals surface area contributed by atoms with Gasteiger partial charge in [0.25, 0.3) is 0 Å². The van der Waals surface area contributed by atoms with Crippen LogP contribution < -0.4 is 16.7 Å². The van der Waals surface area contributed by atoms with Crippen LogP contribution in [0.25, 0.3) is 10.9 Å². The second-order valence-electron chi connectivity index (χ2n) is 3.26. The molecule has 1 heterocycles. The average Bonchev–Trinajstić information content (AvgIpc) is 2.30. The molecule has 0 radical (unpaired) electrons. The number of nitrogens with one attached hydrogen (secondary N) is 2. The largest absolute Gasteiger partial charge is 0.419 e. The van der Waals surface area contributed by atoms with Gasteiger partial charge in [0.05, 0.1) is 10.9 Å². The van der Waals surface area contributed by atoms with Crippen LogP contribution in [-0.4, -0.2) is 18.4 Å². The zero-order chi connectivity index (χ0) is 12.8. The highest BCUT2D eigenvalue weighted by atomic mass is 16.4. The van der Waals surface area contributed by atoms with E-state index >= 15 is 0 Å².